The molecule has 1 rings (SSSR count). The van der Waals surface area contributed by atoms with E-state index in [0.717, 1.165) is 21.2 Å². The lowest BCUT2D eigenvalue weighted by molar-refractivity contribution is 0.920. The highest BCUT2D eigenvalue weighted by Gasteiger charge is 2.07. The van der Waals surface area contributed by atoms with Gasteiger partial charge in [0, 0.05) is 4.47 Å². The van der Waals surface area contributed by atoms with E-state index in [0.29, 0.717) is 0 Å². The number of benzene rings is 1. The van der Waals surface area contributed by atoms with Gasteiger partial charge in [-0.1, -0.05) is 28.1 Å². The summed E-state index contributed by atoms with van der Waals surface area (Å²) in [6.07, 6.45) is 0. The lowest BCUT2D eigenvalue weighted by Gasteiger charge is -2.08. The molecule has 0 radical (unpaired) electrons. The van der Waals surface area contributed by atoms with Crippen LogP contribution in [-0.2, 0) is 0 Å². The molecular weight excluding hydrogens is 228 g/mol. The maximum absolute atomic E-state index is 8.65. The minimum Gasteiger partial charge on any atom is -0.312 e. The maximum atomic E-state index is 8.65. The molecule has 1 aromatic rings. The molecule has 3 heteroatoms. The normalized spacial score (nSPS) is 12.2. The molecule has 1 unspecified atom stereocenters. The van der Waals surface area contributed by atoms with E-state index in [-0.39, 0.29) is 0 Å². The van der Waals surface area contributed by atoms with E-state index in [9.17, 15) is 0 Å². The van der Waals surface area contributed by atoms with Crippen LogP contribution in [0.25, 0.3) is 0 Å². The molecule has 68 valence electrons. The standard InChI is InChI=1S/C10H11BrN2/c1-6-3-8(9(13)5-12)4-7(2)10(6)11/h3-4,9H,13H2,1-2H3. The highest BCUT2D eigenvalue weighted by Crippen LogP contribution is 2.24. The third-order valence-electron chi connectivity index (χ3n) is 1.96. The van der Waals surface area contributed by atoms with Gasteiger partial charge in [-0.2, -0.15) is 5.26 Å². The Labute approximate surface area is 86.5 Å². The molecule has 0 aliphatic carbocycles. The molecule has 0 aliphatic heterocycles. The van der Waals surface area contributed by atoms with E-state index < -0.39 is 6.04 Å². The van der Waals surface area contributed by atoms with Crippen molar-refractivity contribution in [1.82, 2.24) is 0 Å². The molecule has 0 amide bonds. The van der Waals surface area contributed by atoms with Crippen LogP contribution in [0.5, 0.6) is 0 Å². The first-order chi connectivity index (χ1) is 6.06. The van der Waals surface area contributed by atoms with E-state index in [1.54, 1.807) is 0 Å². The Morgan fingerprint density at radius 2 is 1.85 bits per heavy atom. The van der Waals surface area contributed by atoms with Crippen molar-refractivity contribution in [2.75, 3.05) is 0 Å². The number of nitrogens with zero attached hydrogens (tertiary/aromatic N) is 1. The van der Waals surface area contributed by atoms with Gasteiger partial charge in [-0.3, -0.25) is 0 Å². The fourth-order valence-electron chi connectivity index (χ4n) is 1.23. The quantitative estimate of drug-likeness (QED) is 0.818. The Hall–Kier alpha value is -0.850. The third-order valence-corrected chi connectivity index (χ3v) is 3.21. The third kappa shape index (κ3) is 2.09. The zero-order valence-electron chi connectivity index (χ0n) is 7.63. The molecular formula is C10H11BrN2. The lowest BCUT2D eigenvalue weighted by atomic mass is 10.0. The first kappa shape index (κ1) is 10.2. The Kier molecular flexibility index (Phi) is 3.07. The van der Waals surface area contributed by atoms with Crippen LogP contribution in [0.3, 0.4) is 0 Å². The minimum atomic E-state index is -0.523. The van der Waals surface area contributed by atoms with Crippen LogP contribution in [0.15, 0.2) is 16.6 Å². The summed E-state index contributed by atoms with van der Waals surface area (Å²) in [5.41, 5.74) is 8.70. The lowest BCUT2D eigenvalue weighted by Crippen LogP contribution is -2.07. The largest absolute Gasteiger partial charge is 0.312 e. The smallest absolute Gasteiger partial charge is 0.118 e. The summed E-state index contributed by atoms with van der Waals surface area (Å²) in [6, 6.07) is 5.37. The summed E-state index contributed by atoms with van der Waals surface area (Å²) in [7, 11) is 0. The van der Waals surface area contributed by atoms with E-state index in [1.165, 1.54) is 0 Å². The maximum Gasteiger partial charge on any atom is 0.118 e. The van der Waals surface area contributed by atoms with Crippen molar-refractivity contribution in [3.8, 4) is 6.07 Å². The van der Waals surface area contributed by atoms with Crippen LogP contribution >= 0.6 is 15.9 Å². The molecule has 0 saturated heterocycles. The number of hydrogen-bond donors (Lipinski definition) is 1. The van der Waals surface area contributed by atoms with Crippen LogP contribution in [0.1, 0.15) is 22.7 Å². The predicted octanol–water partition coefficient (Wildman–Crippen LogP) is 2.59. The molecule has 0 spiro atoms. The Balaban J connectivity index is 3.22. The summed E-state index contributed by atoms with van der Waals surface area (Å²) in [5.74, 6) is 0. The van der Waals surface area contributed by atoms with E-state index in [4.69, 9.17) is 11.0 Å². The van der Waals surface area contributed by atoms with Crippen molar-refractivity contribution in [2.24, 2.45) is 5.73 Å². The van der Waals surface area contributed by atoms with Gasteiger partial charge in [0.05, 0.1) is 6.07 Å². The topological polar surface area (TPSA) is 49.8 Å². The van der Waals surface area contributed by atoms with E-state index in [2.05, 4.69) is 15.9 Å². The molecule has 0 fully saturated rings. The summed E-state index contributed by atoms with van der Waals surface area (Å²) < 4.78 is 1.08. The van der Waals surface area contributed by atoms with Gasteiger partial charge in [0.15, 0.2) is 0 Å². The Morgan fingerprint density at radius 1 is 1.38 bits per heavy atom. The van der Waals surface area contributed by atoms with Gasteiger partial charge in [-0.25, -0.2) is 0 Å². The number of rotatable bonds is 1. The SMILES string of the molecule is Cc1cc(C(N)C#N)cc(C)c1Br. The first-order valence-electron chi connectivity index (χ1n) is 3.98. The Bertz CT molecular complexity index is 343. The monoisotopic (exact) mass is 238 g/mol. The van der Waals surface area contributed by atoms with Gasteiger partial charge in [-0.15, -0.1) is 0 Å². The number of nitrogens with two attached hydrogens (primary N) is 1. The van der Waals surface area contributed by atoms with E-state index >= 15 is 0 Å². The minimum absolute atomic E-state index is 0.523. The molecule has 0 aliphatic rings. The second-order valence-electron chi connectivity index (χ2n) is 3.08. The summed E-state index contributed by atoms with van der Waals surface area (Å²) in [4.78, 5) is 0. The molecule has 0 bridgehead atoms. The summed E-state index contributed by atoms with van der Waals surface area (Å²) in [6.45, 7) is 3.98. The number of halogens is 1. The van der Waals surface area contributed by atoms with Crippen LogP contribution < -0.4 is 5.73 Å². The van der Waals surface area contributed by atoms with Crippen molar-refractivity contribution in [3.05, 3.63) is 33.3 Å². The fourth-order valence-corrected chi connectivity index (χ4v) is 1.46. The van der Waals surface area contributed by atoms with Gasteiger partial charge < -0.3 is 5.73 Å². The summed E-state index contributed by atoms with van der Waals surface area (Å²) in [5, 5.41) is 8.65. The number of aryl methyl sites for hydroxylation is 2. The molecule has 0 aromatic heterocycles. The van der Waals surface area contributed by atoms with Gasteiger partial charge in [0.1, 0.15) is 6.04 Å². The molecule has 2 N–H and O–H groups in total. The van der Waals surface area contributed by atoms with Crippen molar-refractivity contribution >= 4 is 15.9 Å². The molecule has 0 saturated carbocycles. The van der Waals surface area contributed by atoms with Crippen LogP contribution in [0, 0.1) is 25.2 Å². The van der Waals surface area contributed by atoms with Crippen molar-refractivity contribution in [3.63, 3.8) is 0 Å². The van der Waals surface area contributed by atoms with Gasteiger partial charge in [0.25, 0.3) is 0 Å². The summed E-state index contributed by atoms with van der Waals surface area (Å²) >= 11 is 3.46. The average Bonchev–Trinajstić information content (AvgIpc) is 2.12. The second kappa shape index (κ2) is 3.91. The van der Waals surface area contributed by atoms with Crippen molar-refractivity contribution in [2.45, 2.75) is 19.9 Å². The predicted molar refractivity (Wildman–Crippen MR) is 56.2 cm³/mol. The zero-order valence-corrected chi connectivity index (χ0v) is 9.22. The molecule has 1 atom stereocenters. The van der Waals surface area contributed by atoms with Gasteiger partial charge in [-0.05, 0) is 30.5 Å². The molecule has 1 aromatic carbocycles. The van der Waals surface area contributed by atoms with Crippen molar-refractivity contribution in [1.29, 1.82) is 5.26 Å². The Morgan fingerprint density at radius 3 is 2.23 bits per heavy atom. The van der Waals surface area contributed by atoms with E-state index in [1.807, 2.05) is 32.0 Å². The fraction of sp³-hybridized carbons (Fsp3) is 0.300. The highest BCUT2D eigenvalue weighted by molar-refractivity contribution is 9.10. The average molecular weight is 239 g/mol. The number of nitriles is 1. The van der Waals surface area contributed by atoms with Crippen LogP contribution in [0.4, 0.5) is 0 Å². The molecule has 13 heavy (non-hydrogen) atoms. The van der Waals surface area contributed by atoms with Gasteiger partial charge in [0.2, 0.25) is 0 Å². The molecule has 2 nitrogen and oxygen atoms in total. The zero-order chi connectivity index (χ0) is 10.0. The van der Waals surface area contributed by atoms with Crippen molar-refractivity contribution < 1.29 is 0 Å². The molecule has 0 heterocycles. The second-order valence-corrected chi connectivity index (χ2v) is 3.87. The van der Waals surface area contributed by atoms with Crippen LogP contribution in [-0.4, -0.2) is 0 Å². The highest BCUT2D eigenvalue weighted by atomic mass is 79.9. The number of hydrogen-bond acceptors (Lipinski definition) is 2. The van der Waals surface area contributed by atoms with Gasteiger partial charge >= 0.3 is 0 Å². The van der Waals surface area contributed by atoms with Crippen LogP contribution in [0.2, 0.25) is 0 Å². The first-order valence-corrected chi connectivity index (χ1v) is 4.77.